The molecule has 148 valence electrons. The van der Waals surface area contributed by atoms with Gasteiger partial charge in [-0.1, -0.05) is 23.4 Å². The summed E-state index contributed by atoms with van der Waals surface area (Å²) in [4.78, 5) is 15.1. The zero-order chi connectivity index (χ0) is 20.4. The Morgan fingerprint density at radius 1 is 1.14 bits per heavy atom. The topological polar surface area (TPSA) is 108 Å². The fourth-order valence-corrected chi connectivity index (χ4v) is 5.37. The average molecular weight is 428 g/mol. The number of nitriles is 1. The highest BCUT2D eigenvalue weighted by molar-refractivity contribution is 7.89. The summed E-state index contributed by atoms with van der Waals surface area (Å²) < 4.78 is 32.3. The lowest BCUT2D eigenvalue weighted by atomic mass is 10.2. The Kier molecular flexibility index (Phi) is 5.19. The van der Waals surface area contributed by atoms with Crippen LogP contribution >= 0.6 is 11.3 Å². The quantitative estimate of drug-likeness (QED) is 0.632. The van der Waals surface area contributed by atoms with Crippen LogP contribution in [0.4, 0.5) is 0 Å². The number of amides is 1. The third-order valence-electron chi connectivity index (χ3n) is 4.64. The summed E-state index contributed by atoms with van der Waals surface area (Å²) in [6.45, 7) is 0.745. The number of piperazine rings is 1. The molecule has 1 saturated heterocycles. The van der Waals surface area contributed by atoms with Crippen LogP contribution in [0.1, 0.15) is 16.1 Å². The Morgan fingerprint density at radius 3 is 2.59 bits per heavy atom. The van der Waals surface area contributed by atoms with Crippen molar-refractivity contribution in [3.63, 3.8) is 0 Å². The van der Waals surface area contributed by atoms with Gasteiger partial charge in [-0.3, -0.25) is 4.79 Å². The maximum absolute atomic E-state index is 12.9. The molecule has 8 nitrogen and oxygen atoms in total. The maximum Gasteiger partial charge on any atom is 0.276 e. The summed E-state index contributed by atoms with van der Waals surface area (Å²) >= 11 is 1.49. The van der Waals surface area contributed by atoms with Crippen molar-refractivity contribution in [3.05, 3.63) is 59.1 Å². The lowest BCUT2D eigenvalue weighted by molar-refractivity contribution is 0.0687. The number of sulfonamides is 1. The second-order valence-electron chi connectivity index (χ2n) is 6.36. The van der Waals surface area contributed by atoms with Gasteiger partial charge in [0, 0.05) is 32.2 Å². The number of aromatic nitrogens is 1. The van der Waals surface area contributed by atoms with Crippen molar-refractivity contribution in [3.8, 4) is 16.7 Å². The lowest BCUT2D eigenvalue weighted by Gasteiger charge is -2.33. The van der Waals surface area contributed by atoms with Gasteiger partial charge >= 0.3 is 0 Å². The highest BCUT2D eigenvalue weighted by Gasteiger charge is 2.32. The molecule has 2 aromatic heterocycles. The Hall–Kier alpha value is -3.00. The molecule has 10 heteroatoms. The minimum Gasteiger partial charge on any atom is -0.355 e. The number of benzene rings is 1. The van der Waals surface area contributed by atoms with E-state index in [4.69, 9.17) is 4.52 Å². The minimum atomic E-state index is -3.80. The van der Waals surface area contributed by atoms with E-state index in [1.165, 1.54) is 27.8 Å². The molecular weight excluding hydrogens is 412 g/mol. The van der Waals surface area contributed by atoms with Gasteiger partial charge in [-0.15, -0.1) is 11.3 Å². The van der Waals surface area contributed by atoms with Crippen LogP contribution in [0.25, 0.3) is 10.6 Å². The number of rotatable bonds is 4. The number of carbonyl (C=O) groups excluding carboxylic acids is 1. The second-order valence-corrected chi connectivity index (χ2v) is 9.21. The first kappa shape index (κ1) is 19.3. The van der Waals surface area contributed by atoms with Crippen LogP contribution in [0.15, 0.2) is 57.3 Å². The molecular formula is C19H16N4O4S2. The van der Waals surface area contributed by atoms with Gasteiger partial charge in [0.05, 0.1) is 15.3 Å². The Bertz CT molecular complexity index is 1170. The van der Waals surface area contributed by atoms with E-state index < -0.39 is 10.0 Å². The zero-order valence-electron chi connectivity index (χ0n) is 15.2. The molecule has 4 rings (SSSR count). The van der Waals surface area contributed by atoms with E-state index in [1.807, 2.05) is 23.6 Å². The summed E-state index contributed by atoms with van der Waals surface area (Å²) in [5.74, 6) is 0.226. The molecule has 3 heterocycles. The number of hydrogen-bond donors (Lipinski definition) is 0. The van der Waals surface area contributed by atoms with Crippen molar-refractivity contribution in [1.29, 1.82) is 5.26 Å². The molecule has 0 spiro atoms. The third kappa shape index (κ3) is 3.67. The fraction of sp³-hybridized carbons (Fsp3) is 0.211. The standard InChI is InChI=1S/C19H16N4O4S2/c20-13-14-4-1-2-6-18(14)29(25,26)23-9-7-22(8-10-23)19(24)15-12-16(27-21-15)17-5-3-11-28-17/h1-6,11-12H,7-10H2. The first-order valence-electron chi connectivity index (χ1n) is 8.80. The second kappa shape index (κ2) is 7.79. The summed E-state index contributed by atoms with van der Waals surface area (Å²) in [5, 5.41) is 15.0. The van der Waals surface area contributed by atoms with Crippen molar-refractivity contribution in [2.75, 3.05) is 26.2 Å². The number of hydrogen-bond acceptors (Lipinski definition) is 7. The molecule has 0 bridgehead atoms. The van der Waals surface area contributed by atoms with E-state index in [1.54, 1.807) is 23.1 Å². The monoisotopic (exact) mass is 428 g/mol. The van der Waals surface area contributed by atoms with Crippen LogP contribution in [-0.2, 0) is 10.0 Å². The van der Waals surface area contributed by atoms with Gasteiger partial charge in [-0.25, -0.2) is 8.42 Å². The van der Waals surface area contributed by atoms with Crippen LogP contribution in [0.3, 0.4) is 0 Å². The molecule has 29 heavy (non-hydrogen) atoms. The molecule has 0 radical (unpaired) electrons. The summed E-state index contributed by atoms with van der Waals surface area (Å²) in [6, 6.07) is 13.4. The van der Waals surface area contributed by atoms with E-state index in [0.29, 0.717) is 5.76 Å². The Morgan fingerprint density at radius 2 is 1.90 bits per heavy atom. The maximum atomic E-state index is 12.9. The summed E-state index contributed by atoms with van der Waals surface area (Å²) in [5.41, 5.74) is 0.300. The van der Waals surface area contributed by atoms with Crippen LogP contribution in [0.2, 0.25) is 0 Å². The number of nitrogens with zero attached hydrogens (tertiary/aromatic N) is 4. The largest absolute Gasteiger partial charge is 0.355 e. The fourth-order valence-electron chi connectivity index (χ4n) is 3.13. The van der Waals surface area contributed by atoms with Crippen molar-refractivity contribution < 1.29 is 17.7 Å². The first-order valence-corrected chi connectivity index (χ1v) is 11.1. The highest BCUT2D eigenvalue weighted by atomic mass is 32.2. The number of carbonyl (C=O) groups is 1. The van der Waals surface area contributed by atoms with E-state index in [9.17, 15) is 18.5 Å². The van der Waals surface area contributed by atoms with Gasteiger partial charge in [0.2, 0.25) is 10.0 Å². The van der Waals surface area contributed by atoms with Crippen LogP contribution < -0.4 is 0 Å². The minimum absolute atomic E-state index is 0.0145. The molecule has 1 aliphatic heterocycles. The molecule has 0 N–H and O–H groups in total. The van der Waals surface area contributed by atoms with Crippen LogP contribution in [0.5, 0.6) is 0 Å². The van der Waals surface area contributed by atoms with E-state index in [-0.39, 0.29) is 48.2 Å². The molecule has 0 unspecified atom stereocenters. The Labute approximate surface area is 171 Å². The van der Waals surface area contributed by atoms with Crippen LogP contribution in [-0.4, -0.2) is 54.9 Å². The van der Waals surface area contributed by atoms with Crippen LogP contribution in [0, 0.1) is 11.3 Å². The van der Waals surface area contributed by atoms with E-state index in [2.05, 4.69) is 5.16 Å². The smallest absolute Gasteiger partial charge is 0.276 e. The predicted octanol–water partition coefficient (Wildman–Crippen LogP) is 2.42. The van der Waals surface area contributed by atoms with E-state index >= 15 is 0 Å². The number of thiophene rings is 1. The zero-order valence-corrected chi connectivity index (χ0v) is 16.8. The normalized spacial score (nSPS) is 15.2. The molecule has 1 amide bonds. The molecule has 1 aliphatic rings. The van der Waals surface area contributed by atoms with Crippen molar-refractivity contribution in [2.45, 2.75) is 4.90 Å². The first-order chi connectivity index (χ1) is 14.0. The summed E-state index contributed by atoms with van der Waals surface area (Å²) in [7, 11) is -3.80. The van der Waals surface area contributed by atoms with Gasteiger partial charge < -0.3 is 9.42 Å². The lowest BCUT2D eigenvalue weighted by Crippen LogP contribution is -2.50. The molecule has 1 fully saturated rings. The summed E-state index contributed by atoms with van der Waals surface area (Å²) in [6.07, 6.45) is 0. The van der Waals surface area contributed by atoms with Gasteiger partial charge in [0.25, 0.3) is 5.91 Å². The van der Waals surface area contributed by atoms with Gasteiger partial charge in [-0.05, 0) is 23.6 Å². The van der Waals surface area contributed by atoms with Gasteiger partial charge in [0.15, 0.2) is 11.5 Å². The molecule has 1 aromatic carbocycles. The predicted molar refractivity (Wildman–Crippen MR) is 106 cm³/mol. The van der Waals surface area contributed by atoms with Crippen molar-refractivity contribution in [2.24, 2.45) is 0 Å². The molecule has 0 saturated carbocycles. The Balaban J connectivity index is 1.45. The van der Waals surface area contributed by atoms with Crippen molar-refractivity contribution >= 4 is 27.3 Å². The third-order valence-corrected chi connectivity index (χ3v) is 7.49. The van der Waals surface area contributed by atoms with Gasteiger partial charge in [0.1, 0.15) is 6.07 Å². The van der Waals surface area contributed by atoms with Gasteiger partial charge in [-0.2, -0.15) is 9.57 Å². The SMILES string of the molecule is N#Cc1ccccc1S(=O)(=O)N1CCN(C(=O)c2cc(-c3cccs3)on2)CC1. The van der Waals surface area contributed by atoms with E-state index in [0.717, 1.165) is 4.88 Å². The molecule has 3 aromatic rings. The molecule has 0 aliphatic carbocycles. The average Bonchev–Trinajstić information content (AvgIpc) is 3.45. The van der Waals surface area contributed by atoms with Crippen molar-refractivity contribution in [1.82, 2.24) is 14.4 Å². The highest BCUT2D eigenvalue weighted by Crippen LogP contribution is 2.26. The molecule has 0 atom stereocenters.